The largest absolute Gasteiger partial charge is 0.207 e. The van der Waals surface area contributed by atoms with Gasteiger partial charge in [0, 0.05) is 0 Å². The lowest BCUT2D eigenvalue weighted by Crippen LogP contribution is -2.00. The maximum Gasteiger partial charge on any atom is 0.123 e. The van der Waals surface area contributed by atoms with Gasteiger partial charge in [0.2, 0.25) is 0 Å². The van der Waals surface area contributed by atoms with Crippen molar-refractivity contribution in [3.8, 4) is 0 Å². The van der Waals surface area contributed by atoms with Crippen LogP contribution in [0.15, 0.2) is 24.3 Å². The topological polar surface area (TPSA) is 0 Å². The van der Waals surface area contributed by atoms with Gasteiger partial charge >= 0.3 is 0 Å². The molecule has 0 saturated heterocycles. The predicted molar refractivity (Wildman–Crippen MR) is 86.7 cm³/mol. The summed E-state index contributed by atoms with van der Waals surface area (Å²) in [5.41, 5.74) is 1.33. The normalized spacial score (nSPS) is 12.6. The molecule has 1 rings (SSSR count). The minimum absolute atomic E-state index is 0.121. The summed E-state index contributed by atoms with van der Waals surface area (Å²) in [6, 6.07) is 7.19. The van der Waals surface area contributed by atoms with Gasteiger partial charge in [-0.25, -0.2) is 4.39 Å². The molecule has 1 unspecified atom stereocenters. The first-order chi connectivity index (χ1) is 9.77. The Kier molecular flexibility index (Phi) is 9.36. The molecule has 0 bridgehead atoms. The molecule has 0 amide bonds. The van der Waals surface area contributed by atoms with Crippen LogP contribution in [-0.2, 0) is 0 Å². The highest BCUT2D eigenvalue weighted by Crippen LogP contribution is 2.28. The van der Waals surface area contributed by atoms with Crippen molar-refractivity contribution in [3.05, 3.63) is 35.6 Å². The molecule has 0 aliphatic carbocycles. The smallest absolute Gasteiger partial charge is 0.123 e. The molecule has 0 aliphatic heterocycles. The van der Waals surface area contributed by atoms with E-state index in [4.69, 9.17) is 0 Å². The SMILES string of the molecule is CCCCCCCC(CCCCC)c1ccc(F)cc1. The third-order valence-corrected chi connectivity index (χ3v) is 4.15. The zero-order valence-corrected chi connectivity index (χ0v) is 13.3. The van der Waals surface area contributed by atoms with Crippen molar-refractivity contribution in [2.45, 2.75) is 84.0 Å². The summed E-state index contributed by atoms with van der Waals surface area (Å²) in [6.07, 6.45) is 13.1. The molecular weight excluding hydrogens is 247 g/mol. The zero-order chi connectivity index (χ0) is 14.6. The van der Waals surface area contributed by atoms with E-state index >= 15 is 0 Å². The van der Waals surface area contributed by atoms with E-state index in [0.717, 1.165) is 0 Å². The molecule has 1 aromatic carbocycles. The second-order valence-electron chi connectivity index (χ2n) is 5.95. The summed E-state index contributed by atoms with van der Waals surface area (Å²) >= 11 is 0. The molecule has 0 saturated carbocycles. The van der Waals surface area contributed by atoms with Gasteiger partial charge in [-0.15, -0.1) is 0 Å². The second-order valence-corrected chi connectivity index (χ2v) is 5.95. The van der Waals surface area contributed by atoms with E-state index in [0.29, 0.717) is 5.92 Å². The Morgan fingerprint density at radius 1 is 0.750 bits per heavy atom. The van der Waals surface area contributed by atoms with E-state index in [1.807, 2.05) is 12.1 Å². The van der Waals surface area contributed by atoms with Crippen LogP contribution >= 0.6 is 0 Å². The minimum Gasteiger partial charge on any atom is -0.207 e. The standard InChI is InChI=1S/C19H31F/c1-3-5-7-8-10-12-17(11-9-6-4-2)18-13-15-19(20)16-14-18/h13-17H,3-12H2,1-2H3. The molecule has 1 aromatic rings. The summed E-state index contributed by atoms with van der Waals surface area (Å²) < 4.78 is 13.0. The molecule has 0 heterocycles. The third-order valence-electron chi connectivity index (χ3n) is 4.15. The molecule has 0 aromatic heterocycles. The van der Waals surface area contributed by atoms with Gasteiger partial charge in [-0.1, -0.05) is 77.3 Å². The average Bonchev–Trinajstić information content (AvgIpc) is 2.46. The lowest BCUT2D eigenvalue weighted by molar-refractivity contribution is 0.497. The first-order valence-corrected chi connectivity index (χ1v) is 8.53. The number of hydrogen-bond donors (Lipinski definition) is 0. The van der Waals surface area contributed by atoms with Crippen LogP contribution in [0.1, 0.15) is 89.5 Å². The van der Waals surface area contributed by atoms with Crippen LogP contribution in [0.5, 0.6) is 0 Å². The average molecular weight is 278 g/mol. The van der Waals surface area contributed by atoms with Crippen LogP contribution in [0.4, 0.5) is 4.39 Å². The Bertz CT molecular complexity index is 328. The molecule has 1 heteroatoms. The van der Waals surface area contributed by atoms with Crippen molar-refractivity contribution in [1.82, 2.24) is 0 Å². The highest BCUT2D eigenvalue weighted by atomic mass is 19.1. The van der Waals surface area contributed by atoms with Gasteiger partial charge in [-0.05, 0) is 36.5 Å². The van der Waals surface area contributed by atoms with Crippen molar-refractivity contribution in [2.24, 2.45) is 0 Å². The molecule has 1 atom stereocenters. The highest BCUT2D eigenvalue weighted by molar-refractivity contribution is 5.20. The lowest BCUT2D eigenvalue weighted by atomic mass is 9.88. The van der Waals surface area contributed by atoms with E-state index in [2.05, 4.69) is 13.8 Å². The van der Waals surface area contributed by atoms with Crippen molar-refractivity contribution in [1.29, 1.82) is 0 Å². The van der Waals surface area contributed by atoms with E-state index in [-0.39, 0.29) is 5.82 Å². The molecule has 20 heavy (non-hydrogen) atoms. The second kappa shape index (κ2) is 10.9. The summed E-state index contributed by atoms with van der Waals surface area (Å²) in [7, 11) is 0. The number of benzene rings is 1. The van der Waals surface area contributed by atoms with Crippen molar-refractivity contribution < 1.29 is 4.39 Å². The Balaban J connectivity index is 2.44. The predicted octanol–water partition coefficient (Wildman–Crippen LogP) is 6.85. The quantitative estimate of drug-likeness (QED) is 0.388. The minimum atomic E-state index is -0.121. The van der Waals surface area contributed by atoms with Gasteiger partial charge in [0.15, 0.2) is 0 Å². The first kappa shape index (κ1) is 17.2. The van der Waals surface area contributed by atoms with Gasteiger partial charge in [0.1, 0.15) is 5.82 Å². The molecule has 0 aliphatic rings. The van der Waals surface area contributed by atoms with Crippen molar-refractivity contribution in [2.75, 3.05) is 0 Å². The van der Waals surface area contributed by atoms with E-state index in [1.54, 1.807) is 12.1 Å². The van der Waals surface area contributed by atoms with E-state index in [9.17, 15) is 4.39 Å². The first-order valence-electron chi connectivity index (χ1n) is 8.53. The Morgan fingerprint density at radius 3 is 1.85 bits per heavy atom. The summed E-state index contributed by atoms with van der Waals surface area (Å²) in [5, 5.41) is 0. The molecule has 0 radical (unpaired) electrons. The van der Waals surface area contributed by atoms with Gasteiger partial charge < -0.3 is 0 Å². The number of hydrogen-bond acceptors (Lipinski definition) is 0. The van der Waals surface area contributed by atoms with Gasteiger partial charge in [-0.2, -0.15) is 0 Å². The van der Waals surface area contributed by atoms with Crippen LogP contribution in [0.2, 0.25) is 0 Å². The van der Waals surface area contributed by atoms with Crippen molar-refractivity contribution in [3.63, 3.8) is 0 Å². The van der Waals surface area contributed by atoms with Crippen LogP contribution in [-0.4, -0.2) is 0 Å². The van der Waals surface area contributed by atoms with Gasteiger partial charge in [-0.3, -0.25) is 0 Å². The number of halogens is 1. The highest BCUT2D eigenvalue weighted by Gasteiger charge is 2.11. The maximum atomic E-state index is 13.0. The van der Waals surface area contributed by atoms with Crippen LogP contribution in [0.3, 0.4) is 0 Å². The summed E-state index contributed by atoms with van der Waals surface area (Å²) in [5.74, 6) is 0.507. The fourth-order valence-corrected chi connectivity index (χ4v) is 2.85. The molecule has 0 N–H and O–H groups in total. The van der Waals surface area contributed by atoms with Gasteiger partial charge in [0.25, 0.3) is 0 Å². The Morgan fingerprint density at radius 2 is 1.25 bits per heavy atom. The van der Waals surface area contributed by atoms with Crippen molar-refractivity contribution >= 4 is 0 Å². The van der Waals surface area contributed by atoms with Crippen LogP contribution < -0.4 is 0 Å². The lowest BCUT2D eigenvalue weighted by Gasteiger charge is -2.17. The molecule has 0 nitrogen and oxygen atoms in total. The van der Waals surface area contributed by atoms with Gasteiger partial charge in [0.05, 0.1) is 0 Å². The summed E-state index contributed by atoms with van der Waals surface area (Å²) in [6.45, 7) is 4.50. The van der Waals surface area contributed by atoms with E-state index < -0.39 is 0 Å². The monoisotopic (exact) mass is 278 g/mol. The third kappa shape index (κ3) is 7.07. The zero-order valence-electron chi connectivity index (χ0n) is 13.3. The molecule has 0 fully saturated rings. The van der Waals surface area contributed by atoms with Crippen LogP contribution in [0, 0.1) is 5.82 Å². The fourth-order valence-electron chi connectivity index (χ4n) is 2.85. The number of unbranched alkanes of at least 4 members (excludes halogenated alkanes) is 6. The maximum absolute atomic E-state index is 13.0. The molecule has 114 valence electrons. The molecule has 0 spiro atoms. The summed E-state index contributed by atoms with van der Waals surface area (Å²) in [4.78, 5) is 0. The number of rotatable bonds is 11. The van der Waals surface area contributed by atoms with E-state index in [1.165, 1.54) is 69.8 Å². The Labute approximate surface area is 124 Å². The molecular formula is C19H31F. The fraction of sp³-hybridized carbons (Fsp3) is 0.684. The van der Waals surface area contributed by atoms with Crippen LogP contribution in [0.25, 0.3) is 0 Å². The Hall–Kier alpha value is -0.850.